The lowest BCUT2D eigenvalue weighted by molar-refractivity contribution is -0.123. The molecule has 1 amide bonds. The van der Waals surface area contributed by atoms with Crippen LogP contribution in [0.4, 0.5) is 0 Å². The maximum atomic E-state index is 12.1. The van der Waals surface area contributed by atoms with Gasteiger partial charge in [-0.2, -0.15) is 5.26 Å². The van der Waals surface area contributed by atoms with E-state index >= 15 is 0 Å². The fourth-order valence-electron chi connectivity index (χ4n) is 1.88. The number of ether oxygens (including phenoxy) is 2. The average molecular weight is 375 g/mol. The van der Waals surface area contributed by atoms with E-state index in [-0.39, 0.29) is 4.90 Å². The summed E-state index contributed by atoms with van der Waals surface area (Å²) >= 11 is 0. The summed E-state index contributed by atoms with van der Waals surface area (Å²) in [5.74, 6) is 0.253. The summed E-state index contributed by atoms with van der Waals surface area (Å²) in [5.41, 5.74) is 2.53. The molecule has 26 heavy (non-hydrogen) atoms. The second-order valence-corrected chi connectivity index (χ2v) is 6.67. The average Bonchev–Trinajstić information content (AvgIpc) is 2.66. The van der Waals surface area contributed by atoms with Crippen molar-refractivity contribution in [3.63, 3.8) is 0 Å². The summed E-state index contributed by atoms with van der Waals surface area (Å²) in [4.78, 5) is 13.7. The number of carbonyl (C=O) groups excluding carboxylic acids is 1. The SMILES string of the molecule is CCOc1ccc(S(=O)(=O)NNC(=O)COc2ccc(C#N)cc2)cc1. The molecule has 0 aliphatic carbocycles. The van der Waals surface area contributed by atoms with Gasteiger partial charge < -0.3 is 9.47 Å². The van der Waals surface area contributed by atoms with Gasteiger partial charge in [-0.05, 0) is 55.5 Å². The lowest BCUT2D eigenvalue weighted by atomic mass is 10.2. The molecule has 2 rings (SSSR count). The van der Waals surface area contributed by atoms with E-state index in [9.17, 15) is 13.2 Å². The molecule has 0 fully saturated rings. The molecule has 0 bridgehead atoms. The monoisotopic (exact) mass is 375 g/mol. The number of carbonyl (C=O) groups is 1. The quantitative estimate of drug-likeness (QED) is 0.673. The first-order valence-electron chi connectivity index (χ1n) is 7.61. The van der Waals surface area contributed by atoms with Gasteiger partial charge in [-0.25, -0.2) is 8.42 Å². The second-order valence-electron chi connectivity index (χ2n) is 4.98. The Balaban J connectivity index is 1.85. The summed E-state index contributed by atoms with van der Waals surface area (Å²) < 4.78 is 34.7. The molecule has 0 unspecified atom stereocenters. The van der Waals surface area contributed by atoms with E-state index in [1.807, 2.05) is 17.8 Å². The number of nitrogens with zero attached hydrogens (tertiary/aromatic N) is 1. The van der Waals surface area contributed by atoms with Crippen molar-refractivity contribution in [1.29, 1.82) is 5.26 Å². The first-order chi connectivity index (χ1) is 12.4. The van der Waals surface area contributed by atoms with E-state index in [1.54, 1.807) is 12.1 Å². The van der Waals surface area contributed by atoms with Gasteiger partial charge in [0.1, 0.15) is 11.5 Å². The molecule has 0 aromatic heterocycles. The Kier molecular flexibility index (Phi) is 6.54. The van der Waals surface area contributed by atoms with Crippen LogP contribution in [0, 0.1) is 11.3 Å². The van der Waals surface area contributed by atoms with Crippen LogP contribution in [0.2, 0.25) is 0 Å². The summed E-state index contributed by atoms with van der Waals surface area (Å²) in [5, 5.41) is 8.70. The van der Waals surface area contributed by atoms with Crippen LogP contribution in [0.15, 0.2) is 53.4 Å². The Hall–Kier alpha value is -3.09. The number of amides is 1. The predicted molar refractivity (Wildman–Crippen MR) is 92.7 cm³/mol. The molecule has 0 heterocycles. The molecule has 2 N–H and O–H groups in total. The molecule has 0 aliphatic rings. The van der Waals surface area contributed by atoms with Crippen molar-refractivity contribution >= 4 is 15.9 Å². The van der Waals surface area contributed by atoms with Crippen molar-refractivity contribution in [3.05, 3.63) is 54.1 Å². The minimum absolute atomic E-state index is 0.0192. The zero-order valence-electron chi connectivity index (χ0n) is 13.9. The predicted octanol–water partition coefficient (Wildman–Crippen LogP) is 1.35. The molecule has 0 aliphatic heterocycles. The molecule has 9 heteroatoms. The van der Waals surface area contributed by atoms with Crippen LogP contribution in [0.5, 0.6) is 11.5 Å². The maximum absolute atomic E-state index is 12.1. The molecule has 0 spiro atoms. The summed E-state index contributed by atoms with van der Waals surface area (Å²) in [7, 11) is -3.91. The molecule has 0 atom stereocenters. The Morgan fingerprint density at radius 3 is 2.19 bits per heavy atom. The number of benzene rings is 2. The van der Waals surface area contributed by atoms with Crippen molar-refractivity contribution in [1.82, 2.24) is 10.3 Å². The van der Waals surface area contributed by atoms with Gasteiger partial charge in [0.15, 0.2) is 6.61 Å². The van der Waals surface area contributed by atoms with Crippen molar-refractivity contribution in [2.24, 2.45) is 0 Å². The summed E-state index contributed by atoms with van der Waals surface area (Å²) in [6.45, 7) is 1.90. The molecule has 0 radical (unpaired) electrons. The van der Waals surface area contributed by atoms with Crippen LogP contribution in [-0.4, -0.2) is 27.5 Å². The maximum Gasteiger partial charge on any atom is 0.272 e. The van der Waals surface area contributed by atoms with Crippen molar-refractivity contribution in [2.75, 3.05) is 13.2 Å². The Bertz CT molecular complexity index is 887. The van der Waals surface area contributed by atoms with Gasteiger partial charge in [-0.3, -0.25) is 10.2 Å². The molecule has 0 saturated heterocycles. The Labute approximate surface area is 151 Å². The van der Waals surface area contributed by atoms with Crippen molar-refractivity contribution in [3.8, 4) is 17.6 Å². The largest absolute Gasteiger partial charge is 0.494 e. The van der Waals surface area contributed by atoms with Gasteiger partial charge in [0, 0.05) is 0 Å². The highest BCUT2D eigenvalue weighted by atomic mass is 32.2. The molecular weight excluding hydrogens is 358 g/mol. The zero-order chi connectivity index (χ0) is 19.0. The molecule has 136 valence electrons. The zero-order valence-corrected chi connectivity index (χ0v) is 14.7. The molecule has 2 aromatic carbocycles. The lowest BCUT2D eigenvalue weighted by Gasteiger charge is -2.10. The second kappa shape index (κ2) is 8.84. The van der Waals surface area contributed by atoms with E-state index in [0.717, 1.165) is 0 Å². The normalized spacial score (nSPS) is 10.6. The number of nitriles is 1. The van der Waals surface area contributed by atoms with Gasteiger partial charge in [0.25, 0.3) is 15.9 Å². The number of sulfonamides is 1. The highest BCUT2D eigenvalue weighted by Gasteiger charge is 2.15. The Morgan fingerprint density at radius 1 is 1.04 bits per heavy atom. The number of hydrogen-bond acceptors (Lipinski definition) is 6. The van der Waals surface area contributed by atoms with E-state index in [1.165, 1.54) is 36.4 Å². The van der Waals surface area contributed by atoms with Crippen LogP contribution in [0.3, 0.4) is 0 Å². The standard InChI is InChI=1S/C17H17N3O5S/c1-2-24-14-7-9-16(10-8-14)26(22,23)20-19-17(21)12-25-15-5-3-13(11-18)4-6-15/h3-10,20H,2,12H2,1H3,(H,19,21). The lowest BCUT2D eigenvalue weighted by Crippen LogP contribution is -2.43. The molecular formula is C17H17N3O5S. The van der Waals surface area contributed by atoms with Crippen molar-refractivity contribution in [2.45, 2.75) is 11.8 Å². The van der Waals surface area contributed by atoms with E-state index in [2.05, 4.69) is 5.43 Å². The molecule has 8 nitrogen and oxygen atoms in total. The summed E-state index contributed by atoms with van der Waals surface area (Å²) in [6.07, 6.45) is 0. The number of hydrazine groups is 1. The highest BCUT2D eigenvalue weighted by molar-refractivity contribution is 7.89. The van der Waals surface area contributed by atoms with Gasteiger partial charge in [-0.15, -0.1) is 4.83 Å². The first kappa shape index (κ1) is 19.2. The van der Waals surface area contributed by atoms with Crippen LogP contribution in [0.25, 0.3) is 0 Å². The minimum Gasteiger partial charge on any atom is -0.494 e. The topological polar surface area (TPSA) is 118 Å². The van der Waals surface area contributed by atoms with Crippen LogP contribution >= 0.6 is 0 Å². The van der Waals surface area contributed by atoms with E-state index in [0.29, 0.717) is 23.7 Å². The number of nitrogens with one attached hydrogen (secondary N) is 2. The third kappa shape index (κ3) is 5.47. The smallest absolute Gasteiger partial charge is 0.272 e. The third-order valence-corrected chi connectivity index (χ3v) is 4.39. The van der Waals surface area contributed by atoms with E-state index < -0.39 is 22.5 Å². The van der Waals surface area contributed by atoms with Gasteiger partial charge >= 0.3 is 0 Å². The Morgan fingerprint density at radius 2 is 1.62 bits per heavy atom. The van der Waals surface area contributed by atoms with Crippen LogP contribution < -0.4 is 19.7 Å². The summed E-state index contributed by atoms with van der Waals surface area (Å²) in [6, 6.07) is 13.9. The minimum atomic E-state index is -3.91. The fourth-order valence-corrected chi connectivity index (χ4v) is 2.74. The third-order valence-electron chi connectivity index (χ3n) is 3.12. The molecule has 0 saturated carbocycles. The van der Waals surface area contributed by atoms with Crippen LogP contribution in [0.1, 0.15) is 12.5 Å². The van der Waals surface area contributed by atoms with Crippen LogP contribution in [-0.2, 0) is 14.8 Å². The van der Waals surface area contributed by atoms with Gasteiger partial charge in [0.2, 0.25) is 0 Å². The number of hydrogen-bond donors (Lipinski definition) is 2. The molecule has 2 aromatic rings. The highest BCUT2D eigenvalue weighted by Crippen LogP contribution is 2.15. The van der Waals surface area contributed by atoms with E-state index in [4.69, 9.17) is 14.7 Å². The van der Waals surface area contributed by atoms with Gasteiger partial charge in [-0.1, -0.05) is 0 Å². The van der Waals surface area contributed by atoms with Gasteiger partial charge in [0.05, 0.1) is 23.1 Å². The van der Waals surface area contributed by atoms with Crippen molar-refractivity contribution < 1.29 is 22.7 Å². The number of rotatable bonds is 8. The first-order valence-corrected chi connectivity index (χ1v) is 9.09. The fraction of sp³-hybridized carbons (Fsp3) is 0.176.